The van der Waals surface area contributed by atoms with Gasteiger partial charge in [-0.25, -0.2) is 8.42 Å². The van der Waals surface area contributed by atoms with Crippen LogP contribution < -0.4 is 0 Å². The van der Waals surface area contributed by atoms with Gasteiger partial charge in [-0.1, -0.05) is 0 Å². The van der Waals surface area contributed by atoms with E-state index in [1.807, 2.05) is 0 Å². The Labute approximate surface area is 97.9 Å². The summed E-state index contributed by atoms with van der Waals surface area (Å²) in [5.74, 6) is 0.101. The summed E-state index contributed by atoms with van der Waals surface area (Å²) in [6, 6.07) is 0. The topological polar surface area (TPSA) is 63.6 Å². The predicted octanol–water partition coefficient (Wildman–Crippen LogP) is 1.13. The summed E-state index contributed by atoms with van der Waals surface area (Å²) in [6.45, 7) is 3.65. The number of hydrogen-bond acceptors (Lipinski definition) is 4. The van der Waals surface area contributed by atoms with Crippen molar-refractivity contribution in [1.82, 2.24) is 0 Å². The molecule has 1 rings (SSSR count). The molecule has 96 valence electrons. The van der Waals surface area contributed by atoms with Gasteiger partial charge in [0, 0.05) is 0 Å². The fraction of sp³-hybridized carbons (Fsp3) is 1.00. The summed E-state index contributed by atoms with van der Waals surface area (Å²) < 4.78 is 28.5. The van der Waals surface area contributed by atoms with Crippen molar-refractivity contribution in [1.29, 1.82) is 0 Å². The summed E-state index contributed by atoms with van der Waals surface area (Å²) in [4.78, 5) is 0. The Morgan fingerprint density at radius 1 is 1.25 bits per heavy atom. The van der Waals surface area contributed by atoms with Crippen molar-refractivity contribution >= 4 is 9.84 Å². The Bertz CT molecular complexity index is 289. The Morgan fingerprint density at radius 3 is 2.31 bits per heavy atom. The number of rotatable bonds is 5. The Hall–Kier alpha value is -0.130. The Morgan fingerprint density at radius 2 is 1.81 bits per heavy atom. The summed E-state index contributed by atoms with van der Waals surface area (Å²) in [7, 11) is -2.98. The third kappa shape index (κ3) is 4.39. The van der Waals surface area contributed by atoms with Crippen LogP contribution in [0.5, 0.6) is 0 Å². The second-order valence-electron chi connectivity index (χ2n) is 4.72. The average molecular weight is 250 g/mol. The van der Waals surface area contributed by atoms with Crippen molar-refractivity contribution in [3.8, 4) is 0 Å². The fourth-order valence-electron chi connectivity index (χ4n) is 1.78. The van der Waals surface area contributed by atoms with Crippen LogP contribution in [0.4, 0.5) is 0 Å². The zero-order valence-corrected chi connectivity index (χ0v) is 10.9. The fourth-order valence-corrected chi connectivity index (χ4v) is 2.58. The van der Waals surface area contributed by atoms with Gasteiger partial charge in [0.25, 0.3) is 0 Å². The zero-order chi connectivity index (χ0) is 12.2. The van der Waals surface area contributed by atoms with E-state index in [2.05, 4.69) is 0 Å². The van der Waals surface area contributed by atoms with E-state index in [4.69, 9.17) is 4.74 Å². The molecule has 0 aromatic rings. The highest BCUT2D eigenvalue weighted by molar-refractivity contribution is 7.91. The monoisotopic (exact) mass is 250 g/mol. The SMILES string of the molecule is CC(C)S(=O)(=O)CCOC1CCC(O)CC1. The summed E-state index contributed by atoms with van der Waals surface area (Å²) in [5.41, 5.74) is 0. The molecule has 1 aliphatic carbocycles. The van der Waals surface area contributed by atoms with Crippen LogP contribution in [0, 0.1) is 0 Å². The molecule has 16 heavy (non-hydrogen) atoms. The first-order chi connectivity index (χ1) is 7.42. The number of aliphatic hydroxyl groups is 1. The lowest BCUT2D eigenvalue weighted by atomic mass is 9.95. The molecule has 1 saturated carbocycles. The molecular formula is C11H22O4S. The van der Waals surface area contributed by atoms with Crippen molar-refractivity contribution in [3.05, 3.63) is 0 Å². The molecule has 0 aliphatic heterocycles. The lowest BCUT2D eigenvalue weighted by Gasteiger charge is -2.25. The largest absolute Gasteiger partial charge is 0.393 e. The minimum atomic E-state index is -2.98. The van der Waals surface area contributed by atoms with Crippen LogP contribution in [0.3, 0.4) is 0 Å². The first-order valence-corrected chi connectivity index (χ1v) is 7.64. The summed E-state index contributed by atoms with van der Waals surface area (Å²) >= 11 is 0. The number of ether oxygens (including phenoxy) is 1. The van der Waals surface area contributed by atoms with Crippen LogP contribution in [0.25, 0.3) is 0 Å². The lowest BCUT2D eigenvalue weighted by Crippen LogP contribution is -2.27. The van der Waals surface area contributed by atoms with Gasteiger partial charge >= 0.3 is 0 Å². The van der Waals surface area contributed by atoms with E-state index < -0.39 is 9.84 Å². The van der Waals surface area contributed by atoms with Crippen molar-refractivity contribution < 1.29 is 18.3 Å². The highest BCUT2D eigenvalue weighted by atomic mass is 32.2. The molecular weight excluding hydrogens is 228 g/mol. The van der Waals surface area contributed by atoms with Gasteiger partial charge in [-0.3, -0.25) is 0 Å². The molecule has 0 radical (unpaired) electrons. The number of sulfone groups is 1. The van der Waals surface area contributed by atoms with Gasteiger partial charge in [0.05, 0.1) is 29.8 Å². The van der Waals surface area contributed by atoms with Crippen LogP contribution in [-0.2, 0) is 14.6 Å². The quantitative estimate of drug-likeness (QED) is 0.794. The third-order valence-electron chi connectivity index (χ3n) is 3.08. The van der Waals surface area contributed by atoms with Crippen LogP contribution >= 0.6 is 0 Å². The predicted molar refractivity (Wildman–Crippen MR) is 63.1 cm³/mol. The lowest BCUT2D eigenvalue weighted by molar-refractivity contribution is 0.00329. The maximum atomic E-state index is 11.5. The third-order valence-corrected chi connectivity index (χ3v) is 5.26. The normalized spacial score (nSPS) is 27.2. The molecule has 0 unspecified atom stereocenters. The molecule has 0 aromatic heterocycles. The van der Waals surface area contributed by atoms with Crippen molar-refractivity contribution in [3.63, 3.8) is 0 Å². The van der Waals surface area contributed by atoms with Crippen LogP contribution in [-0.4, -0.2) is 43.3 Å². The maximum Gasteiger partial charge on any atom is 0.154 e. The van der Waals surface area contributed by atoms with Crippen LogP contribution in [0.2, 0.25) is 0 Å². The minimum absolute atomic E-state index is 0.101. The van der Waals surface area contributed by atoms with Gasteiger partial charge in [-0.05, 0) is 39.5 Å². The summed E-state index contributed by atoms with van der Waals surface area (Å²) in [6.07, 6.45) is 3.14. The molecule has 0 atom stereocenters. The Balaban J connectivity index is 2.21. The Kier molecular flexibility index (Phi) is 5.21. The second kappa shape index (κ2) is 5.98. The van der Waals surface area contributed by atoms with Gasteiger partial charge in [0.15, 0.2) is 9.84 Å². The molecule has 0 bridgehead atoms. The maximum absolute atomic E-state index is 11.5. The van der Waals surface area contributed by atoms with E-state index in [9.17, 15) is 13.5 Å². The molecule has 0 heterocycles. The smallest absolute Gasteiger partial charge is 0.154 e. The van der Waals surface area contributed by atoms with Gasteiger partial charge in [-0.2, -0.15) is 0 Å². The minimum Gasteiger partial charge on any atom is -0.393 e. The summed E-state index contributed by atoms with van der Waals surface area (Å²) in [5, 5.41) is 8.97. The average Bonchev–Trinajstić information content (AvgIpc) is 2.20. The molecule has 0 spiro atoms. The molecule has 0 saturated heterocycles. The molecule has 1 aliphatic rings. The van der Waals surface area contributed by atoms with Crippen LogP contribution in [0.1, 0.15) is 39.5 Å². The molecule has 0 amide bonds. The number of hydrogen-bond donors (Lipinski definition) is 1. The van der Waals surface area contributed by atoms with Crippen molar-refractivity contribution in [2.75, 3.05) is 12.4 Å². The van der Waals surface area contributed by atoms with E-state index in [0.717, 1.165) is 25.7 Å². The van der Waals surface area contributed by atoms with Crippen LogP contribution in [0.15, 0.2) is 0 Å². The number of aliphatic hydroxyl groups excluding tert-OH is 1. The van der Waals surface area contributed by atoms with Gasteiger partial charge < -0.3 is 9.84 Å². The highest BCUT2D eigenvalue weighted by Crippen LogP contribution is 2.20. The molecule has 1 fully saturated rings. The molecule has 1 N–H and O–H groups in total. The molecule has 0 aromatic carbocycles. The highest BCUT2D eigenvalue weighted by Gasteiger charge is 2.21. The van der Waals surface area contributed by atoms with E-state index in [-0.39, 0.29) is 29.8 Å². The van der Waals surface area contributed by atoms with Gasteiger partial charge in [0.1, 0.15) is 0 Å². The van der Waals surface area contributed by atoms with E-state index in [1.165, 1.54) is 0 Å². The first kappa shape index (κ1) is 13.9. The van der Waals surface area contributed by atoms with Gasteiger partial charge in [-0.15, -0.1) is 0 Å². The van der Waals surface area contributed by atoms with E-state index >= 15 is 0 Å². The van der Waals surface area contributed by atoms with Crippen molar-refractivity contribution in [2.24, 2.45) is 0 Å². The first-order valence-electron chi connectivity index (χ1n) is 5.93. The zero-order valence-electron chi connectivity index (χ0n) is 10.1. The van der Waals surface area contributed by atoms with E-state index in [1.54, 1.807) is 13.8 Å². The molecule has 4 nitrogen and oxygen atoms in total. The molecule has 5 heteroatoms. The van der Waals surface area contributed by atoms with E-state index in [0.29, 0.717) is 0 Å². The second-order valence-corrected chi connectivity index (χ2v) is 7.39. The van der Waals surface area contributed by atoms with Gasteiger partial charge in [0.2, 0.25) is 0 Å². The standard InChI is InChI=1S/C11H22O4S/c1-9(2)16(13,14)8-7-15-11-5-3-10(12)4-6-11/h9-12H,3-8H2,1-2H3. The van der Waals surface area contributed by atoms with Crippen molar-refractivity contribution in [2.45, 2.75) is 57.0 Å².